The van der Waals surface area contributed by atoms with E-state index in [2.05, 4.69) is 122 Å². The highest BCUT2D eigenvalue weighted by Crippen LogP contribution is 2.32. The lowest BCUT2D eigenvalue weighted by Crippen LogP contribution is -2.42. The summed E-state index contributed by atoms with van der Waals surface area (Å²) in [7, 11) is 0. The first-order valence-corrected chi connectivity index (χ1v) is 13.9. The number of fused-ring (bicyclic) bond motifs is 1. The van der Waals surface area contributed by atoms with Crippen LogP contribution in [0, 0.1) is 19.3 Å². The lowest BCUT2D eigenvalue weighted by molar-refractivity contribution is 0.219. The molecular weight excluding hydrogens is 478 g/mol. The molecular formula is C35H39N3O. The predicted octanol–water partition coefficient (Wildman–Crippen LogP) is 6.91. The third-order valence-corrected chi connectivity index (χ3v) is 8.03. The van der Waals surface area contributed by atoms with E-state index in [0.29, 0.717) is 12.0 Å². The summed E-state index contributed by atoms with van der Waals surface area (Å²) in [5, 5.41) is 20.1. The molecule has 0 amide bonds. The molecule has 0 radical (unpaired) electrons. The van der Waals surface area contributed by atoms with E-state index in [-0.39, 0.29) is 18.2 Å². The minimum Gasteiger partial charge on any atom is -0.394 e. The van der Waals surface area contributed by atoms with Gasteiger partial charge in [-0.3, -0.25) is 5.41 Å². The number of aromatic nitrogens is 2. The summed E-state index contributed by atoms with van der Waals surface area (Å²) in [5.74, 6) is 0. The maximum atomic E-state index is 10.6. The van der Waals surface area contributed by atoms with Crippen molar-refractivity contribution in [1.29, 1.82) is 5.41 Å². The molecule has 1 heterocycles. The van der Waals surface area contributed by atoms with Crippen LogP contribution in [-0.2, 0) is 24.8 Å². The SMILES string of the molecule is Cc1ccc(CCC(C)(Cc2ccccc2)n2c(=N)n(C(CO)Cc3ccc(C)cc3)c3ccccc32)cc1. The molecule has 0 aliphatic rings. The largest absolute Gasteiger partial charge is 0.394 e. The van der Waals surface area contributed by atoms with Crippen LogP contribution in [0.3, 0.4) is 0 Å². The van der Waals surface area contributed by atoms with Gasteiger partial charge >= 0.3 is 0 Å². The maximum absolute atomic E-state index is 10.6. The highest BCUT2D eigenvalue weighted by atomic mass is 16.3. The van der Waals surface area contributed by atoms with Gasteiger partial charge in [0.25, 0.3) is 0 Å². The van der Waals surface area contributed by atoms with Crippen LogP contribution in [0.4, 0.5) is 0 Å². The van der Waals surface area contributed by atoms with Gasteiger partial charge in [-0.25, -0.2) is 0 Å². The van der Waals surface area contributed by atoms with Crippen LogP contribution in [0.15, 0.2) is 103 Å². The number of hydrogen-bond acceptors (Lipinski definition) is 2. The molecule has 0 aliphatic heterocycles. The number of nitrogens with one attached hydrogen (secondary N) is 1. The molecule has 2 unspecified atom stereocenters. The van der Waals surface area contributed by atoms with Crippen molar-refractivity contribution in [2.75, 3.05) is 6.61 Å². The summed E-state index contributed by atoms with van der Waals surface area (Å²) in [5.41, 5.74) is 8.32. The van der Waals surface area contributed by atoms with Crippen LogP contribution in [0.2, 0.25) is 0 Å². The Morgan fingerprint density at radius 2 is 1.28 bits per heavy atom. The number of imidazole rings is 1. The Kier molecular flexibility index (Phi) is 7.85. The van der Waals surface area contributed by atoms with Crippen molar-refractivity contribution in [2.24, 2.45) is 0 Å². The van der Waals surface area contributed by atoms with Crippen molar-refractivity contribution in [3.63, 3.8) is 0 Å². The fourth-order valence-electron chi connectivity index (χ4n) is 5.83. The van der Waals surface area contributed by atoms with Gasteiger partial charge in [0.2, 0.25) is 5.62 Å². The van der Waals surface area contributed by atoms with Gasteiger partial charge in [-0.1, -0.05) is 102 Å². The number of benzene rings is 4. The van der Waals surface area contributed by atoms with Gasteiger partial charge in [-0.05, 0) is 75.3 Å². The van der Waals surface area contributed by atoms with Gasteiger partial charge < -0.3 is 14.2 Å². The molecule has 4 nitrogen and oxygen atoms in total. The number of nitrogens with zero attached hydrogens (tertiary/aromatic N) is 2. The number of aryl methyl sites for hydroxylation is 3. The molecule has 5 rings (SSSR count). The first kappa shape index (κ1) is 26.7. The van der Waals surface area contributed by atoms with Gasteiger partial charge in [0.05, 0.1) is 23.7 Å². The molecule has 0 fully saturated rings. The van der Waals surface area contributed by atoms with E-state index in [1.807, 2.05) is 10.6 Å². The third kappa shape index (κ3) is 5.76. The second kappa shape index (κ2) is 11.5. The van der Waals surface area contributed by atoms with Crippen LogP contribution in [0.5, 0.6) is 0 Å². The topological polar surface area (TPSA) is 53.9 Å². The third-order valence-electron chi connectivity index (χ3n) is 8.03. The Hall–Kier alpha value is -3.89. The second-order valence-corrected chi connectivity index (χ2v) is 11.2. The molecule has 0 saturated heterocycles. The molecule has 2 atom stereocenters. The molecule has 0 spiro atoms. The fraction of sp³-hybridized carbons (Fsp3) is 0.286. The van der Waals surface area contributed by atoms with Crippen molar-refractivity contribution in [3.8, 4) is 0 Å². The number of hydrogen-bond donors (Lipinski definition) is 2. The number of para-hydroxylation sites is 2. The lowest BCUT2D eigenvalue weighted by Gasteiger charge is -2.33. The molecule has 200 valence electrons. The van der Waals surface area contributed by atoms with E-state index in [0.717, 1.165) is 35.9 Å². The highest BCUT2D eigenvalue weighted by molar-refractivity contribution is 5.76. The zero-order valence-corrected chi connectivity index (χ0v) is 23.3. The van der Waals surface area contributed by atoms with Gasteiger partial charge in [-0.15, -0.1) is 0 Å². The normalized spacial score (nSPS) is 13.8. The zero-order chi connectivity index (χ0) is 27.4. The summed E-state index contributed by atoms with van der Waals surface area (Å²) < 4.78 is 4.27. The second-order valence-electron chi connectivity index (χ2n) is 11.2. The summed E-state index contributed by atoms with van der Waals surface area (Å²) in [6, 6.07) is 35.9. The first-order chi connectivity index (χ1) is 18.9. The predicted molar refractivity (Wildman–Crippen MR) is 160 cm³/mol. The summed E-state index contributed by atoms with van der Waals surface area (Å²) in [6.07, 6.45) is 3.28. The number of rotatable bonds is 10. The Balaban J connectivity index is 1.61. The van der Waals surface area contributed by atoms with E-state index in [1.165, 1.54) is 22.3 Å². The Labute approximate surface area is 231 Å². The van der Waals surface area contributed by atoms with Crippen LogP contribution in [-0.4, -0.2) is 20.8 Å². The van der Waals surface area contributed by atoms with Crippen LogP contribution in [0.1, 0.15) is 47.2 Å². The molecule has 1 aromatic heterocycles. The van der Waals surface area contributed by atoms with Crippen molar-refractivity contribution in [3.05, 3.63) is 137 Å². The zero-order valence-electron chi connectivity index (χ0n) is 23.3. The molecule has 0 bridgehead atoms. The summed E-state index contributed by atoms with van der Waals surface area (Å²) >= 11 is 0. The number of aliphatic hydroxyl groups is 1. The quantitative estimate of drug-likeness (QED) is 0.208. The van der Waals surface area contributed by atoms with Gasteiger partial charge in [0, 0.05) is 5.54 Å². The van der Waals surface area contributed by atoms with Crippen molar-refractivity contribution >= 4 is 11.0 Å². The van der Waals surface area contributed by atoms with Gasteiger partial charge in [0.1, 0.15) is 0 Å². The van der Waals surface area contributed by atoms with E-state index in [9.17, 15) is 10.5 Å². The average Bonchev–Trinajstić information content (AvgIpc) is 3.25. The van der Waals surface area contributed by atoms with E-state index >= 15 is 0 Å². The Morgan fingerprint density at radius 1 is 0.718 bits per heavy atom. The molecule has 39 heavy (non-hydrogen) atoms. The Morgan fingerprint density at radius 3 is 1.90 bits per heavy atom. The molecule has 0 saturated carbocycles. The molecule has 4 aromatic carbocycles. The van der Waals surface area contributed by atoms with Crippen molar-refractivity contribution in [2.45, 2.75) is 58.0 Å². The van der Waals surface area contributed by atoms with E-state index in [4.69, 9.17) is 0 Å². The Bertz CT molecular complexity index is 1580. The monoisotopic (exact) mass is 517 g/mol. The minimum atomic E-state index is -0.349. The van der Waals surface area contributed by atoms with Crippen molar-refractivity contribution < 1.29 is 5.11 Å². The summed E-state index contributed by atoms with van der Waals surface area (Å²) in [6.45, 7) is 6.46. The minimum absolute atomic E-state index is 0.0306. The van der Waals surface area contributed by atoms with Crippen LogP contribution < -0.4 is 5.62 Å². The standard InChI is InChI=1S/C35H39N3O/c1-26-13-17-28(18-14-26)21-22-35(3,24-30-9-5-4-6-10-30)38-33-12-8-7-11-32(33)37(34(38)36)31(25-39)23-29-19-15-27(2)16-20-29/h4-20,31,36,39H,21-25H2,1-3H3. The molecule has 4 heteroatoms. The molecule has 0 aliphatic carbocycles. The van der Waals surface area contributed by atoms with E-state index in [1.54, 1.807) is 0 Å². The van der Waals surface area contributed by atoms with Gasteiger partial charge in [-0.2, -0.15) is 0 Å². The maximum Gasteiger partial charge on any atom is 0.203 e. The molecule has 2 N–H and O–H groups in total. The number of aliphatic hydroxyl groups excluding tert-OH is 1. The fourth-order valence-corrected chi connectivity index (χ4v) is 5.83. The van der Waals surface area contributed by atoms with Crippen molar-refractivity contribution in [1.82, 2.24) is 9.13 Å². The smallest absolute Gasteiger partial charge is 0.203 e. The molecule has 5 aromatic rings. The van der Waals surface area contributed by atoms with E-state index < -0.39 is 0 Å². The van der Waals surface area contributed by atoms with Crippen LogP contribution >= 0.6 is 0 Å². The highest BCUT2D eigenvalue weighted by Gasteiger charge is 2.32. The average molecular weight is 518 g/mol. The van der Waals surface area contributed by atoms with Crippen LogP contribution in [0.25, 0.3) is 11.0 Å². The van der Waals surface area contributed by atoms with Gasteiger partial charge in [0.15, 0.2) is 0 Å². The first-order valence-electron chi connectivity index (χ1n) is 13.9. The summed E-state index contributed by atoms with van der Waals surface area (Å²) in [4.78, 5) is 0. The lowest BCUT2D eigenvalue weighted by atomic mass is 9.86.